The van der Waals surface area contributed by atoms with Gasteiger partial charge in [0.25, 0.3) is 0 Å². The number of rotatable bonds is 3. The lowest BCUT2D eigenvalue weighted by Gasteiger charge is -2.31. The molecule has 0 saturated heterocycles. The molecule has 0 radical (unpaired) electrons. The summed E-state index contributed by atoms with van der Waals surface area (Å²) in [5.74, 6) is 1.33. The fourth-order valence-electron chi connectivity index (χ4n) is 1.98. The number of benzene rings is 1. The zero-order valence-corrected chi connectivity index (χ0v) is 13.7. The summed E-state index contributed by atoms with van der Waals surface area (Å²) in [6.45, 7) is 6.37. The molecule has 0 bridgehead atoms. The van der Waals surface area contributed by atoms with Crippen molar-refractivity contribution >= 4 is 23.0 Å². The minimum atomic E-state index is -1.15. The summed E-state index contributed by atoms with van der Waals surface area (Å²) in [6.07, 6.45) is 0.748. The van der Waals surface area contributed by atoms with Crippen molar-refractivity contribution in [2.45, 2.75) is 38.0 Å². The molecule has 1 aliphatic rings. The Hall–Kier alpha value is -0.620. The number of fused-ring (bicyclic) bond motifs is 1. The van der Waals surface area contributed by atoms with Gasteiger partial charge in [0.1, 0.15) is 16.2 Å². The minimum absolute atomic E-state index is 0.0496. The summed E-state index contributed by atoms with van der Waals surface area (Å²) in [7, 11) is 1.59. The maximum Gasteiger partial charge on any atom is 0.143 e. The van der Waals surface area contributed by atoms with Gasteiger partial charge < -0.3 is 14.0 Å². The molecule has 0 saturated carbocycles. The lowest BCUT2D eigenvalue weighted by Crippen LogP contribution is -2.42. The predicted octanol–water partition coefficient (Wildman–Crippen LogP) is 3.22. The third kappa shape index (κ3) is 3.34. The van der Waals surface area contributed by atoms with E-state index in [9.17, 15) is 4.55 Å². The van der Waals surface area contributed by atoms with Crippen LogP contribution in [0, 0.1) is 0 Å². The fourth-order valence-corrected chi connectivity index (χ4v) is 3.11. The number of methoxy groups -OCH3 is 1. The van der Waals surface area contributed by atoms with E-state index in [1.54, 1.807) is 13.2 Å². The molecule has 0 spiro atoms. The Bertz CT molecular complexity index is 490. The van der Waals surface area contributed by atoms with Crippen LogP contribution < -0.4 is 14.2 Å². The first kappa shape index (κ1) is 15.8. The zero-order chi connectivity index (χ0) is 14.9. The normalized spacial score (nSPS) is 20.0. The molecule has 1 unspecified atom stereocenters. The van der Waals surface area contributed by atoms with Gasteiger partial charge in [-0.05, 0) is 26.8 Å². The Balaban J connectivity index is 2.30. The molecule has 1 N–H and O–H groups in total. The van der Waals surface area contributed by atoms with Crippen LogP contribution in [-0.2, 0) is 11.4 Å². The van der Waals surface area contributed by atoms with Gasteiger partial charge in [-0.1, -0.05) is 11.6 Å². The number of hydrogen-bond donors (Lipinski definition) is 1. The van der Waals surface area contributed by atoms with E-state index in [1.807, 2.05) is 26.8 Å². The molecule has 2 rings (SSSR count). The van der Waals surface area contributed by atoms with Gasteiger partial charge in [-0.25, -0.2) is 0 Å². The molecule has 1 aromatic carbocycles. The Kier molecular flexibility index (Phi) is 4.74. The van der Waals surface area contributed by atoms with E-state index in [-0.39, 0.29) is 10.8 Å². The van der Waals surface area contributed by atoms with Crippen LogP contribution in [0.4, 0.5) is 0 Å². The first-order chi connectivity index (χ1) is 9.32. The van der Waals surface area contributed by atoms with Gasteiger partial charge in [0.2, 0.25) is 0 Å². The molecule has 112 valence electrons. The highest BCUT2D eigenvalue weighted by Crippen LogP contribution is 2.41. The molecule has 6 heteroatoms. The number of halogens is 1. The summed E-state index contributed by atoms with van der Waals surface area (Å²) in [5, 5.41) is 0.521. The molecular formula is C14H20ClNO3S. The van der Waals surface area contributed by atoms with Gasteiger partial charge in [-0.3, -0.25) is 0 Å². The van der Waals surface area contributed by atoms with Crippen LogP contribution in [0.25, 0.3) is 0 Å². The highest BCUT2D eigenvalue weighted by atomic mass is 35.5. The van der Waals surface area contributed by atoms with E-state index in [4.69, 9.17) is 21.1 Å². The van der Waals surface area contributed by atoms with Gasteiger partial charge in [0.05, 0.1) is 24.8 Å². The molecule has 0 aliphatic carbocycles. The first-order valence-electron chi connectivity index (χ1n) is 6.51. The standard InChI is InChI=1S/C14H20ClNO3S/c1-14(2,3)20(17)16-12-5-6-19-13-10(12)7-9(18-4)8-11(13)15/h7-8,12,16H,5-6H2,1-4H3/t12-,20?/m1/s1. The largest absolute Gasteiger partial charge is 0.598 e. The second-order valence-corrected chi connectivity index (χ2v) is 8.12. The molecule has 0 amide bonds. The summed E-state index contributed by atoms with van der Waals surface area (Å²) in [4.78, 5) is 0. The van der Waals surface area contributed by atoms with E-state index >= 15 is 0 Å². The average molecular weight is 318 g/mol. The Morgan fingerprint density at radius 1 is 1.45 bits per heavy atom. The molecule has 2 atom stereocenters. The van der Waals surface area contributed by atoms with Gasteiger partial charge in [0.15, 0.2) is 0 Å². The van der Waals surface area contributed by atoms with Gasteiger partial charge in [-0.15, -0.1) is 4.72 Å². The van der Waals surface area contributed by atoms with E-state index in [0.717, 1.165) is 12.0 Å². The van der Waals surface area contributed by atoms with E-state index in [0.29, 0.717) is 23.1 Å². The highest BCUT2D eigenvalue weighted by molar-refractivity contribution is 7.90. The summed E-state index contributed by atoms with van der Waals surface area (Å²) < 4.78 is 26.0. The first-order valence-corrected chi connectivity index (χ1v) is 8.04. The third-order valence-corrected chi connectivity index (χ3v) is 5.01. The van der Waals surface area contributed by atoms with E-state index in [1.165, 1.54) is 0 Å². The smallest absolute Gasteiger partial charge is 0.143 e. The maximum atomic E-state index is 12.3. The second-order valence-electron chi connectivity index (χ2n) is 5.72. The molecule has 1 aromatic rings. The lowest BCUT2D eigenvalue weighted by molar-refractivity contribution is 0.261. The van der Waals surface area contributed by atoms with Crippen molar-refractivity contribution in [2.24, 2.45) is 0 Å². The molecule has 20 heavy (non-hydrogen) atoms. The van der Waals surface area contributed by atoms with E-state index < -0.39 is 11.4 Å². The Labute approximate surface area is 128 Å². The van der Waals surface area contributed by atoms with Crippen molar-refractivity contribution in [3.63, 3.8) is 0 Å². The van der Waals surface area contributed by atoms with Crippen molar-refractivity contribution in [3.05, 3.63) is 22.7 Å². The topological polar surface area (TPSA) is 53.5 Å². The molecular weight excluding hydrogens is 298 g/mol. The van der Waals surface area contributed by atoms with Crippen LogP contribution in [-0.4, -0.2) is 23.0 Å². The second kappa shape index (κ2) is 6.02. The molecule has 0 aromatic heterocycles. The van der Waals surface area contributed by atoms with Gasteiger partial charge in [-0.2, -0.15) is 0 Å². The Morgan fingerprint density at radius 3 is 2.75 bits per heavy atom. The summed E-state index contributed by atoms with van der Waals surface area (Å²) in [5.41, 5.74) is 0.901. The van der Waals surface area contributed by atoms with Crippen LogP contribution in [0.3, 0.4) is 0 Å². The van der Waals surface area contributed by atoms with Gasteiger partial charge >= 0.3 is 0 Å². The van der Waals surface area contributed by atoms with Crippen LogP contribution in [0.5, 0.6) is 11.5 Å². The van der Waals surface area contributed by atoms with Crippen molar-refractivity contribution in [3.8, 4) is 11.5 Å². The van der Waals surface area contributed by atoms with E-state index in [2.05, 4.69) is 4.72 Å². The quantitative estimate of drug-likeness (QED) is 0.870. The van der Waals surface area contributed by atoms with Crippen LogP contribution in [0.2, 0.25) is 5.02 Å². The van der Waals surface area contributed by atoms with Crippen molar-refractivity contribution in [1.82, 2.24) is 4.72 Å². The predicted molar refractivity (Wildman–Crippen MR) is 81.9 cm³/mol. The molecule has 1 aliphatic heterocycles. The summed E-state index contributed by atoms with van der Waals surface area (Å²) >= 11 is 5.06. The number of hydrogen-bond acceptors (Lipinski definition) is 4. The fraction of sp³-hybridized carbons (Fsp3) is 0.571. The van der Waals surface area contributed by atoms with Gasteiger partial charge in [0, 0.05) is 29.4 Å². The molecule has 4 nitrogen and oxygen atoms in total. The Morgan fingerprint density at radius 2 is 2.15 bits per heavy atom. The molecule has 0 fully saturated rings. The number of nitrogens with one attached hydrogen (secondary N) is 1. The average Bonchev–Trinajstić information content (AvgIpc) is 2.38. The maximum absolute atomic E-state index is 12.3. The van der Waals surface area contributed by atoms with Crippen LogP contribution in [0.1, 0.15) is 38.8 Å². The minimum Gasteiger partial charge on any atom is -0.598 e. The zero-order valence-electron chi connectivity index (χ0n) is 12.2. The SMILES string of the molecule is COc1cc(Cl)c2c(c1)[C@H](N[S+]([O-])C(C)(C)C)CCO2. The number of ether oxygens (including phenoxy) is 2. The van der Waals surface area contributed by atoms with Crippen molar-refractivity contribution in [1.29, 1.82) is 0 Å². The monoisotopic (exact) mass is 317 g/mol. The lowest BCUT2D eigenvalue weighted by atomic mass is 10.0. The van der Waals surface area contributed by atoms with Crippen molar-refractivity contribution < 1.29 is 14.0 Å². The third-order valence-electron chi connectivity index (χ3n) is 3.12. The van der Waals surface area contributed by atoms with Crippen LogP contribution >= 0.6 is 11.6 Å². The summed E-state index contributed by atoms with van der Waals surface area (Å²) in [6, 6.07) is 3.56. The van der Waals surface area contributed by atoms with Crippen molar-refractivity contribution in [2.75, 3.05) is 13.7 Å². The molecule has 1 heterocycles. The highest BCUT2D eigenvalue weighted by Gasteiger charge is 2.33. The van der Waals surface area contributed by atoms with Crippen LogP contribution in [0.15, 0.2) is 12.1 Å².